The lowest BCUT2D eigenvalue weighted by atomic mass is 10.1. The van der Waals surface area contributed by atoms with Gasteiger partial charge in [-0.25, -0.2) is 9.59 Å². The molecule has 5 nitrogen and oxygen atoms in total. The Kier molecular flexibility index (Phi) is 4.90. The monoisotopic (exact) mass is 247 g/mol. The summed E-state index contributed by atoms with van der Waals surface area (Å²) in [4.78, 5) is 21.7. The normalized spacial score (nSPS) is 9.39. The van der Waals surface area contributed by atoms with Gasteiger partial charge < -0.3 is 15.5 Å². The van der Waals surface area contributed by atoms with Crippen molar-refractivity contribution in [2.75, 3.05) is 13.6 Å². The molecular weight excluding hydrogens is 234 g/mol. The lowest BCUT2D eigenvalue weighted by Crippen LogP contribution is -2.06. The third-order valence-electron chi connectivity index (χ3n) is 2.16. The first-order valence-electron chi connectivity index (χ1n) is 5.29. The molecule has 1 rings (SSSR count). The Morgan fingerprint density at radius 2 is 1.72 bits per heavy atom. The topological polar surface area (TPSA) is 86.6 Å². The molecule has 0 aromatic heterocycles. The lowest BCUT2D eigenvalue weighted by molar-refractivity contribution is 0.0696. The molecule has 0 heterocycles. The molecule has 0 aliphatic heterocycles. The van der Waals surface area contributed by atoms with E-state index in [2.05, 4.69) is 17.2 Å². The molecule has 0 unspecified atom stereocenters. The van der Waals surface area contributed by atoms with Gasteiger partial charge in [-0.05, 0) is 25.2 Å². The first-order chi connectivity index (χ1) is 8.54. The number of carboxylic acids is 2. The molecule has 0 fully saturated rings. The van der Waals surface area contributed by atoms with Crippen LogP contribution in [0.15, 0.2) is 18.2 Å². The van der Waals surface area contributed by atoms with E-state index in [1.54, 1.807) is 7.05 Å². The summed E-state index contributed by atoms with van der Waals surface area (Å²) >= 11 is 0. The fourth-order valence-corrected chi connectivity index (χ4v) is 1.30. The van der Waals surface area contributed by atoms with E-state index < -0.39 is 11.9 Å². The van der Waals surface area contributed by atoms with Crippen LogP contribution in [-0.4, -0.2) is 35.7 Å². The van der Waals surface area contributed by atoms with Crippen molar-refractivity contribution in [2.24, 2.45) is 0 Å². The first kappa shape index (κ1) is 13.7. The minimum atomic E-state index is -1.17. The number of carbonyl (C=O) groups is 2. The number of nitrogens with one attached hydrogen (secondary N) is 1. The van der Waals surface area contributed by atoms with Crippen LogP contribution in [0.2, 0.25) is 0 Å². The van der Waals surface area contributed by atoms with E-state index >= 15 is 0 Å². The van der Waals surface area contributed by atoms with Crippen molar-refractivity contribution in [3.8, 4) is 11.8 Å². The zero-order valence-corrected chi connectivity index (χ0v) is 9.86. The maximum atomic E-state index is 10.9. The van der Waals surface area contributed by atoms with Gasteiger partial charge in [-0.2, -0.15) is 0 Å². The second kappa shape index (κ2) is 6.42. The maximum Gasteiger partial charge on any atom is 0.335 e. The molecule has 1 aromatic rings. The quantitative estimate of drug-likeness (QED) is 0.546. The number of benzene rings is 1. The number of aromatic carboxylic acids is 2. The Bertz CT molecular complexity index is 493. The van der Waals surface area contributed by atoms with Gasteiger partial charge in [0.15, 0.2) is 0 Å². The Morgan fingerprint density at radius 1 is 1.17 bits per heavy atom. The van der Waals surface area contributed by atoms with Crippen molar-refractivity contribution in [3.63, 3.8) is 0 Å². The van der Waals surface area contributed by atoms with Crippen molar-refractivity contribution in [1.29, 1.82) is 0 Å². The molecule has 0 aliphatic rings. The van der Waals surface area contributed by atoms with Crippen LogP contribution in [-0.2, 0) is 0 Å². The Balaban J connectivity index is 3.06. The van der Waals surface area contributed by atoms with Crippen LogP contribution in [0.5, 0.6) is 0 Å². The molecule has 94 valence electrons. The van der Waals surface area contributed by atoms with E-state index in [0.717, 1.165) is 12.6 Å². The van der Waals surface area contributed by atoms with Crippen molar-refractivity contribution in [3.05, 3.63) is 34.9 Å². The van der Waals surface area contributed by atoms with Crippen LogP contribution >= 0.6 is 0 Å². The number of hydrogen-bond acceptors (Lipinski definition) is 3. The van der Waals surface area contributed by atoms with E-state index in [4.69, 9.17) is 10.2 Å². The van der Waals surface area contributed by atoms with Crippen molar-refractivity contribution < 1.29 is 19.8 Å². The second-order valence-corrected chi connectivity index (χ2v) is 3.56. The summed E-state index contributed by atoms with van der Waals surface area (Å²) in [5, 5.41) is 20.7. The Labute approximate surface area is 104 Å². The SMILES string of the molecule is CNCCC#Cc1cc(C(=O)O)cc(C(=O)O)c1. The molecule has 0 atom stereocenters. The highest BCUT2D eigenvalue weighted by Crippen LogP contribution is 2.10. The predicted octanol–water partition coefficient (Wildman–Crippen LogP) is 1.04. The van der Waals surface area contributed by atoms with Gasteiger partial charge >= 0.3 is 11.9 Å². The van der Waals surface area contributed by atoms with Crippen LogP contribution < -0.4 is 5.32 Å². The molecule has 18 heavy (non-hydrogen) atoms. The average Bonchev–Trinajstić information content (AvgIpc) is 2.34. The van der Waals surface area contributed by atoms with E-state index in [1.165, 1.54) is 12.1 Å². The molecule has 5 heteroatoms. The summed E-state index contributed by atoms with van der Waals surface area (Å²) < 4.78 is 0. The fourth-order valence-electron chi connectivity index (χ4n) is 1.30. The summed E-state index contributed by atoms with van der Waals surface area (Å²) in [5.74, 6) is 3.25. The zero-order valence-electron chi connectivity index (χ0n) is 9.86. The van der Waals surface area contributed by atoms with Crippen LogP contribution in [0.25, 0.3) is 0 Å². The number of rotatable bonds is 4. The average molecular weight is 247 g/mol. The summed E-state index contributed by atoms with van der Waals surface area (Å²) in [6, 6.07) is 3.84. The van der Waals surface area contributed by atoms with Gasteiger partial charge in [0.05, 0.1) is 11.1 Å². The van der Waals surface area contributed by atoms with Gasteiger partial charge in [-0.15, -0.1) is 0 Å². The van der Waals surface area contributed by atoms with Crippen molar-refractivity contribution >= 4 is 11.9 Å². The van der Waals surface area contributed by atoms with E-state index in [1.807, 2.05) is 0 Å². The minimum Gasteiger partial charge on any atom is -0.478 e. The summed E-state index contributed by atoms with van der Waals surface area (Å²) in [7, 11) is 1.80. The molecular formula is C13H13NO4. The third kappa shape index (κ3) is 3.92. The molecule has 3 N–H and O–H groups in total. The van der Waals surface area contributed by atoms with E-state index in [-0.39, 0.29) is 11.1 Å². The molecule has 0 saturated heterocycles. The smallest absolute Gasteiger partial charge is 0.335 e. The van der Waals surface area contributed by atoms with E-state index in [9.17, 15) is 9.59 Å². The van der Waals surface area contributed by atoms with Gasteiger partial charge in [-0.3, -0.25) is 0 Å². The van der Waals surface area contributed by atoms with Gasteiger partial charge in [0.2, 0.25) is 0 Å². The molecule has 0 radical (unpaired) electrons. The summed E-state index contributed by atoms with van der Waals surface area (Å²) in [5.41, 5.74) is 0.240. The second-order valence-electron chi connectivity index (χ2n) is 3.56. The highest BCUT2D eigenvalue weighted by Gasteiger charge is 2.10. The molecule has 0 spiro atoms. The zero-order chi connectivity index (χ0) is 13.5. The molecule has 1 aromatic carbocycles. The number of hydrogen-bond donors (Lipinski definition) is 3. The highest BCUT2D eigenvalue weighted by atomic mass is 16.4. The maximum absolute atomic E-state index is 10.9. The minimum absolute atomic E-state index is 0.0761. The fraction of sp³-hybridized carbons (Fsp3) is 0.231. The standard InChI is InChI=1S/C13H13NO4/c1-14-5-3-2-4-9-6-10(12(15)16)8-11(7-9)13(17)18/h6-8,14H,3,5H2,1H3,(H,15,16)(H,17,18). The molecule has 0 amide bonds. The van der Waals surface area contributed by atoms with Gasteiger partial charge in [0.1, 0.15) is 0 Å². The molecule has 0 bridgehead atoms. The van der Waals surface area contributed by atoms with E-state index in [0.29, 0.717) is 12.0 Å². The molecule has 0 aliphatic carbocycles. The highest BCUT2D eigenvalue weighted by molar-refractivity contribution is 5.94. The first-order valence-corrected chi connectivity index (χ1v) is 5.29. The van der Waals surface area contributed by atoms with Crippen LogP contribution in [0.1, 0.15) is 32.7 Å². The third-order valence-corrected chi connectivity index (χ3v) is 2.16. The van der Waals surface area contributed by atoms with Crippen LogP contribution in [0, 0.1) is 11.8 Å². The van der Waals surface area contributed by atoms with Gasteiger partial charge in [0, 0.05) is 18.5 Å². The Hall–Kier alpha value is -2.32. The number of carboxylic acid groups (broad SMARTS) is 2. The van der Waals surface area contributed by atoms with Crippen molar-refractivity contribution in [1.82, 2.24) is 5.32 Å². The Morgan fingerprint density at radius 3 is 2.17 bits per heavy atom. The largest absolute Gasteiger partial charge is 0.478 e. The van der Waals surface area contributed by atoms with Crippen LogP contribution in [0.4, 0.5) is 0 Å². The summed E-state index contributed by atoms with van der Waals surface area (Å²) in [6.45, 7) is 0.720. The van der Waals surface area contributed by atoms with Gasteiger partial charge in [0.25, 0.3) is 0 Å². The van der Waals surface area contributed by atoms with Gasteiger partial charge in [-0.1, -0.05) is 11.8 Å². The predicted molar refractivity (Wildman–Crippen MR) is 65.8 cm³/mol. The summed E-state index contributed by atoms with van der Waals surface area (Å²) in [6.07, 6.45) is 0.607. The van der Waals surface area contributed by atoms with Crippen LogP contribution in [0.3, 0.4) is 0 Å². The molecule has 0 saturated carbocycles. The lowest BCUT2D eigenvalue weighted by Gasteiger charge is -2.00. The van der Waals surface area contributed by atoms with Crippen molar-refractivity contribution in [2.45, 2.75) is 6.42 Å².